The van der Waals surface area contributed by atoms with Gasteiger partial charge in [0, 0.05) is 0 Å². The molecule has 0 amide bonds. The van der Waals surface area contributed by atoms with Gasteiger partial charge in [0.15, 0.2) is 0 Å². The lowest BCUT2D eigenvalue weighted by Gasteiger charge is -2.39. The Labute approximate surface area is 124 Å². The number of rotatable bonds is 3. The molecule has 0 spiro atoms. The van der Waals surface area contributed by atoms with Crippen molar-refractivity contribution in [3.63, 3.8) is 0 Å². The number of hydrogen-bond acceptors (Lipinski definition) is 2. The minimum atomic E-state index is -0.437. The summed E-state index contributed by atoms with van der Waals surface area (Å²) < 4.78 is 0.800. The Hall–Kier alpha value is -0.410. The zero-order valence-electron chi connectivity index (χ0n) is 12.0. The highest BCUT2D eigenvalue weighted by Gasteiger charge is 2.36. The van der Waals surface area contributed by atoms with Crippen LogP contribution < -0.4 is 0 Å². The molecule has 1 fully saturated rings. The van der Waals surface area contributed by atoms with Crippen LogP contribution in [-0.2, 0) is 0 Å². The summed E-state index contributed by atoms with van der Waals surface area (Å²) in [5.41, 5.74) is 0.805. The van der Waals surface area contributed by atoms with Gasteiger partial charge in [-0.2, -0.15) is 0 Å². The zero-order chi connectivity index (χ0) is 14.0. The fourth-order valence-corrected chi connectivity index (χ4v) is 3.80. The van der Waals surface area contributed by atoms with E-state index in [1.807, 2.05) is 18.2 Å². The molecule has 1 heterocycles. The minimum absolute atomic E-state index is 0.338. The van der Waals surface area contributed by atoms with E-state index in [0.29, 0.717) is 23.7 Å². The van der Waals surface area contributed by atoms with E-state index < -0.39 is 6.10 Å². The molecule has 3 heteroatoms. The first-order valence-corrected chi connectivity index (χ1v) is 8.09. The third-order valence-electron chi connectivity index (χ3n) is 4.52. The summed E-state index contributed by atoms with van der Waals surface area (Å²) in [5.74, 6) is 2.28. The van der Waals surface area contributed by atoms with Crippen LogP contribution in [0, 0.1) is 23.7 Å². The van der Waals surface area contributed by atoms with E-state index in [-0.39, 0.29) is 0 Å². The van der Waals surface area contributed by atoms with Gasteiger partial charge in [0.25, 0.3) is 0 Å². The van der Waals surface area contributed by atoms with E-state index >= 15 is 0 Å². The third kappa shape index (κ3) is 3.57. The molecule has 2 rings (SSSR count). The van der Waals surface area contributed by atoms with Crippen molar-refractivity contribution in [3.05, 3.63) is 28.5 Å². The van der Waals surface area contributed by atoms with Crippen molar-refractivity contribution in [2.45, 2.75) is 46.1 Å². The molecule has 106 valence electrons. The monoisotopic (exact) mass is 325 g/mol. The SMILES string of the molecule is CC(C)[C@@H]1CC[C@@H](C)C[C@@H]1[C@@H](O)c1cccc(Br)n1. The maximum absolute atomic E-state index is 10.7. The Balaban J connectivity index is 2.21. The van der Waals surface area contributed by atoms with Gasteiger partial charge in [0.2, 0.25) is 0 Å². The van der Waals surface area contributed by atoms with Crippen LogP contribution in [0.1, 0.15) is 51.8 Å². The summed E-state index contributed by atoms with van der Waals surface area (Å²) >= 11 is 3.39. The van der Waals surface area contributed by atoms with Crippen molar-refractivity contribution in [1.82, 2.24) is 4.98 Å². The molecule has 1 aromatic heterocycles. The number of hydrogen-bond donors (Lipinski definition) is 1. The highest BCUT2D eigenvalue weighted by Crippen LogP contribution is 2.43. The van der Waals surface area contributed by atoms with Gasteiger partial charge >= 0.3 is 0 Å². The summed E-state index contributed by atoms with van der Waals surface area (Å²) in [4.78, 5) is 4.43. The molecule has 0 radical (unpaired) electrons. The second-order valence-corrected chi connectivity index (χ2v) is 7.13. The molecule has 1 aliphatic rings. The van der Waals surface area contributed by atoms with Gasteiger partial charge in [-0.25, -0.2) is 4.98 Å². The van der Waals surface area contributed by atoms with Crippen molar-refractivity contribution in [1.29, 1.82) is 0 Å². The average molecular weight is 326 g/mol. The molecule has 4 atom stereocenters. The normalized spacial score (nSPS) is 29.5. The van der Waals surface area contributed by atoms with Crippen LogP contribution in [0.25, 0.3) is 0 Å². The van der Waals surface area contributed by atoms with Gasteiger partial charge in [0.05, 0.1) is 11.8 Å². The fourth-order valence-electron chi connectivity index (χ4n) is 3.45. The maximum atomic E-state index is 10.7. The van der Waals surface area contributed by atoms with Gasteiger partial charge < -0.3 is 5.11 Å². The van der Waals surface area contributed by atoms with Crippen LogP contribution in [0.15, 0.2) is 22.8 Å². The molecule has 1 aromatic rings. The lowest BCUT2D eigenvalue weighted by molar-refractivity contribution is 0.0120. The lowest BCUT2D eigenvalue weighted by atomic mass is 9.67. The number of aliphatic hydroxyl groups is 1. The van der Waals surface area contributed by atoms with E-state index in [4.69, 9.17) is 0 Å². The molecule has 0 aromatic carbocycles. The molecule has 0 aliphatic heterocycles. The van der Waals surface area contributed by atoms with Crippen LogP contribution in [0.2, 0.25) is 0 Å². The first kappa shape index (κ1) is 15.0. The van der Waals surface area contributed by atoms with E-state index in [9.17, 15) is 5.11 Å². The van der Waals surface area contributed by atoms with Gasteiger partial charge in [-0.3, -0.25) is 0 Å². The van der Waals surface area contributed by atoms with Gasteiger partial charge in [0.1, 0.15) is 4.60 Å². The standard InChI is InChI=1S/C16H24BrNO/c1-10(2)12-8-7-11(3)9-13(12)16(19)14-5-4-6-15(17)18-14/h4-6,10-13,16,19H,7-9H2,1-3H3/t11-,12+,13+,16-/m1/s1. The summed E-state index contributed by atoms with van der Waals surface area (Å²) in [6.45, 7) is 6.84. The summed E-state index contributed by atoms with van der Waals surface area (Å²) in [6, 6.07) is 5.79. The van der Waals surface area contributed by atoms with E-state index in [0.717, 1.165) is 16.7 Å². The van der Waals surface area contributed by atoms with Crippen LogP contribution in [0.3, 0.4) is 0 Å². The summed E-state index contributed by atoms with van der Waals surface area (Å²) in [5, 5.41) is 10.7. The molecule has 0 saturated heterocycles. The van der Waals surface area contributed by atoms with Crippen molar-refractivity contribution < 1.29 is 5.11 Å². The van der Waals surface area contributed by atoms with Crippen LogP contribution in [0.5, 0.6) is 0 Å². The number of nitrogens with zero attached hydrogens (tertiary/aromatic N) is 1. The molecule has 0 unspecified atom stereocenters. The predicted molar refractivity (Wildman–Crippen MR) is 81.7 cm³/mol. The van der Waals surface area contributed by atoms with Gasteiger partial charge in [-0.05, 0) is 64.6 Å². The zero-order valence-corrected chi connectivity index (χ0v) is 13.6. The van der Waals surface area contributed by atoms with Crippen molar-refractivity contribution in [2.24, 2.45) is 23.7 Å². The van der Waals surface area contributed by atoms with Gasteiger partial charge in [-0.1, -0.05) is 33.3 Å². The van der Waals surface area contributed by atoms with Gasteiger partial charge in [-0.15, -0.1) is 0 Å². The number of halogens is 1. The molecule has 19 heavy (non-hydrogen) atoms. The maximum Gasteiger partial charge on any atom is 0.106 e. The Morgan fingerprint density at radius 3 is 2.63 bits per heavy atom. The molecule has 1 aliphatic carbocycles. The van der Waals surface area contributed by atoms with Crippen LogP contribution in [-0.4, -0.2) is 10.1 Å². The van der Waals surface area contributed by atoms with Crippen molar-refractivity contribution in [3.8, 4) is 0 Å². The highest BCUT2D eigenvalue weighted by molar-refractivity contribution is 9.10. The van der Waals surface area contributed by atoms with Crippen LogP contribution >= 0.6 is 15.9 Å². The first-order chi connectivity index (χ1) is 8.99. The second kappa shape index (κ2) is 6.36. The van der Waals surface area contributed by atoms with E-state index in [1.165, 1.54) is 12.8 Å². The Morgan fingerprint density at radius 1 is 1.26 bits per heavy atom. The Morgan fingerprint density at radius 2 is 2.00 bits per heavy atom. The Bertz CT molecular complexity index is 421. The quantitative estimate of drug-likeness (QED) is 0.825. The molecule has 0 bridgehead atoms. The number of pyridine rings is 1. The smallest absolute Gasteiger partial charge is 0.106 e. The predicted octanol–water partition coefficient (Wildman–Crippen LogP) is 4.59. The molecular formula is C16H24BrNO. The fraction of sp³-hybridized carbons (Fsp3) is 0.688. The van der Waals surface area contributed by atoms with Crippen LogP contribution in [0.4, 0.5) is 0 Å². The van der Waals surface area contributed by atoms with Crippen molar-refractivity contribution in [2.75, 3.05) is 0 Å². The highest BCUT2D eigenvalue weighted by atomic mass is 79.9. The summed E-state index contributed by atoms with van der Waals surface area (Å²) in [7, 11) is 0. The average Bonchev–Trinajstić information content (AvgIpc) is 2.37. The minimum Gasteiger partial charge on any atom is -0.387 e. The number of aliphatic hydroxyl groups excluding tert-OH is 1. The van der Waals surface area contributed by atoms with E-state index in [1.54, 1.807) is 0 Å². The van der Waals surface area contributed by atoms with E-state index in [2.05, 4.69) is 41.7 Å². The molecule has 1 saturated carbocycles. The largest absolute Gasteiger partial charge is 0.387 e. The number of aromatic nitrogens is 1. The molecule has 2 nitrogen and oxygen atoms in total. The topological polar surface area (TPSA) is 33.1 Å². The lowest BCUT2D eigenvalue weighted by Crippen LogP contribution is -2.32. The van der Waals surface area contributed by atoms with Crippen molar-refractivity contribution >= 4 is 15.9 Å². The third-order valence-corrected chi connectivity index (χ3v) is 4.96. The second-order valence-electron chi connectivity index (χ2n) is 6.32. The Kier molecular flexibility index (Phi) is 5.02. The molecule has 1 N–H and O–H groups in total. The summed E-state index contributed by atoms with van der Waals surface area (Å²) in [6.07, 6.45) is 3.19. The molecular weight excluding hydrogens is 302 g/mol. The first-order valence-electron chi connectivity index (χ1n) is 7.29.